The molecule has 0 saturated heterocycles. The van der Waals surface area contributed by atoms with Crippen molar-refractivity contribution in [2.45, 2.75) is 6.92 Å². The zero-order chi connectivity index (χ0) is 6.85. The molecule has 0 N–H and O–H groups in total. The van der Waals surface area contributed by atoms with Crippen molar-refractivity contribution in [1.82, 2.24) is 0 Å². The van der Waals surface area contributed by atoms with Crippen molar-refractivity contribution in [2.75, 3.05) is 0 Å². The number of halogens is 1. The second-order valence-electron chi connectivity index (χ2n) is 2.25. The molecule has 1 atom stereocenters. The summed E-state index contributed by atoms with van der Waals surface area (Å²) < 4.78 is 12.3. The van der Waals surface area contributed by atoms with Crippen molar-refractivity contribution in [3.8, 4) is 0 Å². The molecule has 1 heteroatoms. The van der Waals surface area contributed by atoms with Gasteiger partial charge in [-0.2, -0.15) is 0 Å². The molecular weight excluding hydrogens is 115 g/mol. The van der Waals surface area contributed by atoms with Gasteiger partial charge in [0.2, 0.25) is 0 Å². The Labute approximate surface area is 54.4 Å². The molecule has 1 unspecified atom stereocenters. The van der Waals surface area contributed by atoms with Crippen molar-refractivity contribution < 1.29 is 4.39 Å². The fourth-order valence-corrected chi connectivity index (χ4v) is 0.717. The van der Waals surface area contributed by atoms with Gasteiger partial charge < -0.3 is 0 Å². The van der Waals surface area contributed by atoms with Crippen molar-refractivity contribution in [1.29, 1.82) is 0 Å². The summed E-state index contributed by atoms with van der Waals surface area (Å²) in [6.07, 6.45) is 4.74. The molecule has 1 aliphatic rings. The number of hydrogen-bond acceptors (Lipinski definition) is 0. The lowest BCUT2D eigenvalue weighted by Crippen LogP contribution is -1.95. The monoisotopic (exact) mass is 124 g/mol. The van der Waals surface area contributed by atoms with Crippen LogP contribution in [0.5, 0.6) is 0 Å². The smallest absolute Gasteiger partial charge is 0.123 e. The summed E-state index contributed by atoms with van der Waals surface area (Å²) in [5.74, 6) is 0.0996. The molecule has 0 radical (unpaired) electrons. The normalized spacial score (nSPS) is 26.2. The van der Waals surface area contributed by atoms with E-state index >= 15 is 0 Å². The van der Waals surface area contributed by atoms with E-state index in [1.54, 1.807) is 6.08 Å². The zero-order valence-corrected chi connectivity index (χ0v) is 5.39. The molecule has 0 aromatic carbocycles. The van der Waals surface area contributed by atoms with Crippen LogP contribution in [0.3, 0.4) is 0 Å². The Morgan fingerprint density at radius 2 is 2.33 bits per heavy atom. The van der Waals surface area contributed by atoms with Gasteiger partial charge in [0, 0.05) is 0 Å². The molecule has 0 nitrogen and oxygen atoms in total. The van der Waals surface area contributed by atoms with E-state index in [9.17, 15) is 4.39 Å². The third-order valence-electron chi connectivity index (χ3n) is 1.45. The molecule has 0 aliphatic heterocycles. The minimum atomic E-state index is -0.196. The van der Waals surface area contributed by atoms with Crippen molar-refractivity contribution in [3.63, 3.8) is 0 Å². The highest BCUT2D eigenvalue weighted by Crippen LogP contribution is 2.20. The Kier molecular flexibility index (Phi) is 1.52. The largest absolute Gasteiger partial charge is 0.207 e. The molecule has 0 aromatic rings. The highest BCUT2D eigenvalue weighted by molar-refractivity contribution is 5.33. The van der Waals surface area contributed by atoms with E-state index in [1.165, 1.54) is 12.2 Å². The van der Waals surface area contributed by atoms with E-state index in [4.69, 9.17) is 0 Å². The molecule has 9 heavy (non-hydrogen) atoms. The molecule has 0 spiro atoms. The van der Waals surface area contributed by atoms with Gasteiger partial charge in [-0.05, 0) is 23.6 Å². The maximum Gasteiger partial charge on any atom is 0.123 e. The third kappa shape index (κ3) is 1.28. The number of rotatable bonds is 0. The molecule has 1 aliphatic carbocycles. The first-order valence-corrected chi connectivity index (χ1v) is 2.94. The summed E-state index contributed by atoms with van der Waals surface area (Å²) in [5, 5.41) is 0. The molecule has 0 bridgehead atoms. The van der Waals surface area contributed by atoms with E-state index < -0.39 is 0 Å². The van der Waals surface area contributed by atoms with E-state index in [-0.39, 0.29) is 5.83 Å². The van der Waals surface area contributed by atoms with Crippen LogP contribution in [0.4, 0.5) is 4.39 Å². The Balaban J connectivity index is 2.82. The van der Waals surface area contributed by atoms with Crippen molar-refractivity contribution >= 4 is 0 Å². The molecule has 0 amide bonds. The highest BCUT2D eigenvalue weighted by atomic mass is 19.1. The predicted octanol–water partition coefficient (Wildman–Crippen LogP) is 2.60. The van der Waals surface area contributed by atoms with Gasteiger partial charge in [-0.25, -0.2) is 4.39 Å². The Hall–Kier alpha value is -0.850. The summed E-state index contributed by atoms with van der Waals surface area (Å²) in [5.41, 5.74) is 0.843. The lowest BCUT2D eigenvalue weighted by molar-refractivity contribution is 0.653. The van der Waals surface area contributed by atoms with Gasteiger partial charge in [0.05, 0.1) is 0 Å². The maximum absolute atomic E-state index is 12.3. The minimum absolute atomic E-state index is 0.196. The second kappa shape index (κ2) is 2.18. The third-order valence-corrected chi connectivity index (χ3v) is 1.45. The molecule has 0 aromatic heterocycles. The van der Waals surface area contributed by atoms with Gasteiger partial charge >= 0.3 is 0 Å². The summed E-state index contributed by atoms with van der Waals surface area (Å²) in [6.45, 7) is 5.67. The first kappa shape index (κ1) is 6.27. The van der Waals surface area contributed by atoms with Crippen LogP contribution in [0.25, 0.3) is 0 Å². The average molecular weight is 124 g/mol. The van der Waals surface area contributed by atoms with Crippen LogP contribution in [0.2, 0.25) is 0 Å². The van der Waals surface area contributed by atoms with E-state index in [2.05, 4.69) is 6.58 Å². The summed E-state index contributed by atoms with van der Waals surface area (Å²) in [4.78, 5) is 0. The molecular formula is C8H9F. The lowest BCUT2D eigenvalue weighted by atomic mass is 9.98. The van der Waals surface area contributed by atoms with Gasteiger partial charge in [0.15, 0.2) is 0 Å². The van der Waals surface area contributed by atoms with Crippen molar-refractivity contribution in [3.05, 3.63) is 36.2 Å². The van der Waals surface area contributed by atoms with Gasteiger partial charge in [-0.15, -0.1) is 0 Å². The van der Waals surface area contributed by atoms with Crippen LogP contribution < -0.4 is 0 Å². The van der Waals surface area contributed by atoms with Crippen molar-refractivity contribution in [2.24, 2.45) is 5.92 Å². The Bertz CT molecular complexity index is 187. The highest BCUT2D eigenvalue weighted by Gasteiger charge is 2.05. The first-order valence-electron chi connectivity index (χ1n) is 2.94. The summed E-state index contributed by atoms with van der Waals surface area (Å²) in [6, 6.07) is 0. The van der Waals surface area contributed by atoms with Gasteiger partial charge in [-0.3, -0.25) is 0 Å². The van der Waals surface area contributed by atoms with Gasteiger partial charge in [-0.1, -0.05) is 19.6 Å². The predicted molar refractivity (Wildman–Crippen MR) is 36.6 cm³/mol. The molecule has 1 rings (SSSR count). The van der Waals surface area contributed by atoms with E-state index in [0.717, 1.165) is 5.57 Å². The topological polar surface area (TPSA) is 0 Å². The van der Waals surface area contributed by atoms with Crippen LogP contribution in [0.15, 0.2) is 36.2 Å². The average Bonchev–Trinajstić information content (AvgIpc) is 1.80. The molecule has 0 heterocycles. The fraction of sp³-hybridized carbons (Fsp3) is 0.250. The van der Waals surface area contributed by atoms with Gasteiger partial charge in [0.25, 0.3) is 0 Å². The second-order valence-corrected chi connectivity index (χ2v) is 2.25. The molecule has 48 valence electrons. The minimum Gasteiger partial charge on any atom is -0.207 e. The van der Waals surface area contributed by atoms with E-state index in [0.29, 0.717) is 5.92 Å². The Morgan fingerprint density at radius 1 is 1.67 bits per heavy atom. The molecule has 0 fully saturated rings. The number of allylic oxidation sites excluding steroid dienone is 5. The van der Waals surface area contributed by atoms with Crippen LogP contribution in [-0.4, -0.2) is 0 Å². The van der Waals surface area contributed by atoms with Crippen LogP contribution in [-0.2, 0) is 0 Å². The quantitative estimate of drug-likeness (QED) is 0.465. The fourth-order valence-electron chi connectivity index (χ4n) is 0.717. The number of hydrogen-bond donors (Lipinski definition) is 0. The summed E-state index contributed by atoms with van der Waals surface area (Å²) in [7, 11) is 0. The Morgan fingerprint density at radius 3 is 2.78 bits per heavy atom. The van der Waals surface area contributed by atoms with Crippen LogP contribution in [0, 0.1) is 5.92 Å². The molecule has 0 saturated carbocycles. The maximum atomic E-state index is 12.3. The standard InChI is InChI=1S/C8H9F/c1-6-3-4-8(9)5-7(6)2/h3-6H,2H2,1H3. The van der Waals surface area contributed by atoms with Crippen LogP contribution in [0.1, 0.15) is 6.92 Å². The zero-order valence-electron chi connectivity index (χ0n) is 5.39. The van der Waals surface area contributed by atoms with Gasteiger partial charge in [0.1, 0.15) is 5.83 Å². The lowest BCUT2D eigenvalue weighted by Gasteiger charge is -2.09. The van der Waals surface area contributed by atoms with Crippen LogP contribution >= 0.6 is 0 Å². The first-order chi connectivity index (χ1) is 4.20. The van der Waals surface area contributed by atoms with E-state index in [1.807, 2.05) is 6.92 Å². The SMILES string of the molecule is C=C1C=C(F)C=CC1C. The summed E-state index contributed by atoms with van der Waals surface area (Å²) >= 11 is 0.